The second-order valence-corrected chi connectivity index (χ2v) is 16.7. The molecule has 0 saturated carbocycles. The van der Waals surface area contributed by atoms with Gasteiger partial charge in [-0.2, -0.15) is 9.78 Å². The second kappa shape index (κ2) is 8.23. The molecule has 186 valence electrons. The van der Waals surface area contributed by atoms with E-state index in [4.69, 9.17) is 9.16 Å². The summed E-state index contributed by atoms with van der Waals surface area (Å²) in [5, 5.41) is 17.2. The second-order valence-electron chi connectivity index (χ2n) is 11.1. The monoisotopic (exact) mass is 513 g/mol. The zero-order chi connectivity index (χ0) is 25.9. The predicted octanol–water partition coefficient (Wildman–Crippen LogP) is 7.41. The van der Waals surface area contributed by atoms with Crippen LogP contribution >= 0.6 is 11.3 Å². The van der Waals surface area contributed by atoms with E-state index in [9.17, 15) is 14.7 Å². The fourth-order valence-electron chi connectivity index (χ4n) is 3.53. The topological polar surface area (TPSA) is 95.6 Å². The van der Waals surface area contributed by atoms with Gasteiger partial charge in [-0.05, 0) is 68.5 Å². The van der Waals surface area contributed by atoms with E-state index in [1.165, 1.54) is 20.6 Å². The first-order valence-corrected chi connectivity index (χ1v) is 15.2. The molecule has 3 aromatic heterocycles. The van der Waals surface area contributed by atoms with Crippen molar-refractivity contribution in [1.82, 2.24) is 14.3 Å². The molecule has 0 atom stereocenters. The van der Waals surface area contributed by atoms with Crippen LogP contribution in [-0.4, -0.2) is 45.6 Å². The Labute approximate surface area is 209 Å². The van der Waals surface area contributed by atoms with Gasteiger partial charge in [0, 0.05) is 11.5 Å². The van der Waals surface area contributed by atoms with Crippen molar-refractivity contribution in [3.63, 3.8) is 0 Å². The van der Waals surface area contributed by atoms with Gasteiger partial charge in [0.25, 0.3) is 0 Å². The summed E-state index contributed by atoms with van der Waals surface area (Å²) in [7, 11) is -2.11. The fourth-order valence-corrected chi connectivity index (χ4v) is 5.42. The first-order chi connectivity index (χ1) is 16.1. The van der Waals surface area contributed by atoms with Crippen molar-refractivity contribution in [1.29, 1.82) is 0 Å². The molecule has 4 aromatic rings. The molecular formula is C25H31N3O5SSi. The van der Waals surface area contributed by atoms with Crippen molar-refractivity contribution < 1.29 is 23.9 Å². The molecule has 0 unspecified atom stereocenters. The molecule has 0 fully saturated rings. The van der Waals surface area contributed by atoms with Crippen molar-refractivity contribution in [3.05, 3.63) is 35.7 Å². The molecule has 0 aliphatic rings. The lowest BCUT2D eigenvalue weighted by molar-refractivity contribution is 0.0523. The number of nitrogens with zero attached hydrogens (tertiary/aromatic N) is 3. The van der Waals surface area contributed by atoms with E-state index in [2.05, 4.69) is 39.0 Å². The number of carbonyl (C=O) groups excluding carboxylic acids is 1. The molecule has 0 spiro atoms. The Morgan fingerprint density at radius 3 is 2.31 bits per heavy atom. The van der Waals surface area contributed by atoms with E-state index in [0.717, 1.165) is 5.39 Å². The largest absolute Gasteiger partial charge is 0.543 e. The molecule has 8 nitrogen and oxygen atoms in total. The molecule has 0 aliphatic carbocycles. The Hall–Kier alpha value is -3.11. The quantitative estimate of drug-likeness (QED) is 0.287. The van der Waals surface area contributed by atoms with E-state index in [1.54, 1.807) is 39.0 Å². The summed E-state index contributed by atoms with van der Waals surface area (Å²) in [5.41, 5.74) is 1.17. The molecule has 3 heterocycles. The summed E-state index contributed by atoms with van der Waals surface area (Å²) in [4.78, 5) is 25.3. The van der Waals surface area contributed by atoms with Crippen LogP contribution in [0.2, 0.25) is 18.1 Å². The number of fused-ring (bicyclic) bond motifs is 2. The third kappa shape index (κ3) is 4.60. The van der Waals surface area contributed by atoms with Gasteiger partial charge in [0.05, 0.1) is 21.4 Å². The summed E-state index contributed by atoms with van der Waals surface area (Å²) in [6, 6.07) is 9.06. The summed E-state index contributed by atoms with van der Waals surface area (Å²) >= 11 is 1.39. The summed E-state index contributed by atoms with van der Waals surface area (Å²) in [5.74, 6) is 0.636. The molecule has 35 heavy (non-hydrogen) atoms. The zero-order valence-corrected chi connectivity index (χ0v) is 23.1. The number of hydrogen-bond donors (Lipinski definition) is 1. The summed E-state index contributed by atoms with van der Waals surface area (Å²) < 4.78 is 15.0. The molecule has 0 radical (unpaired) electrons. The Morgan fingerprint density at radius 1 is 1.03 bits per heavy atom. The van der Waals surface area contributed by atoms with Crippen molar-refractivity contribution in [2.24, 2.45) is 0 Å². The van der Waals surface area contributed by atoms with Gasteiger partial charge in [-0.25, -0.2) is 14.2 Å². The third-order valence-corrected chi connectivity index (χ3v) is 11.5. The number of benzene rings is 1. The number of carboxylic acid groups (broad SMARTS) is 1. The van der Waals surface area contributed by atoms with Crippen LogP contribution in [0, 0.1) is 0 Å². The predicted molar refractivity (Wildman–Crippen MR) is 141 cm³/mol. The van der Waals surface area contributed by atoms with Crippen LogP contribution in [0.5, 0.6) is 5.75 Å². The average molecular weight is 514 g/mol. The van der Waals surface area contributed by atoms with Crippen LogP contribution in [-0.2, 0) is 4.74 Å². The van der Waals surface area contributed by atoms with Crippen LogP contribution in [0.4, 0.5) is 9.59 Å². The highest BCUT2D eigenvalue weighted by atomic mass is 32.1. The summed E-state index contributed by atoms with van der Waals surface area (Å²) in [6.07, 6.45) is -1.76. The highest BCUT2D eigenvalue weighted by Crippen LogP contribution is 2.40. The number of hydrogen-bond acceptors (Lipinski definition) is 6. The van der Waals surface area contributed by atoms with Crippen LogP contribution in [0.3, 0.4) is 0 Å². The number of thiophene rings is 1. The Kier molecular flexibility index (Phi) is 5.88. The van der Waals surface area contributed by atoms with E-state index in [1.807, 2.05) is 17.5 Å². The number of ether oxygens (including phenoxy) is 1. The normalized spacial score (nSPS) is 12.9. The molecule has 0 saturated heterocycles. The number of rotatable bonds is 3. The van der Waals surface area contributed by atoms with E-state index in [0.29, 0.717) is 32.9 Å². The van der Waals surface area contributed by atoms with Crippen molar-refractivity contribution >= 4 is 53.0 Å². The maximum Gasteiger partial charge on any atom is 0.435 e. The number of carbonyl (C=O) groups is 2. The van der Waals surface area contributed by atoms with Crippen molar-refractivity contribution in [3.8, 4) is 17.1 Å². The minimum absolute atomic E-state index is 0.00117. The lowest BCUT2D eigenvalue weighted by Gasteiger charge is -2.36. The third-order valence-electron chi connectivity index (χ3n) is 6.24. The Balaban J connectivity index is 1.86. The molecular weight excluding hydrogens is 482 g/mol. The van der Waals surface area contributed by atoms with Gasteiger partial charge in [-0.1, -0.05) is 20.8 Å². The van der Waals surface area contributed by atoms with Gasteiger partial charge in [-0.15, -0.1) is 11.3 Å². The van der Waals surface area contributed by atoms with E-state index >= 15 is 0 Å². The van der Waals surface area contributed by atoms with Crippen molar-refractivity contribution in [2.45, 2.75) is 65.3 Å². The standard InChI is InChI=1S/C25H31N3O5SSi/c1-24(2,3)32-23(31)28-17-11-12-34-21(17)20(26-28)19-13-15-9-10-16(14-18(15)27(19)22(29)30)33-35(7,8)25(4,5)6/h9-14H,1-8H3,(H,29,30). The maximum atomic E-state index is 12.8. The maximum absolute atomic E-state index is 12.8. The van der Waals surface area contributed by atoms with E-state index < -0.39 is 26.1 Å². The lowest BCUT2D eigenvalue weighted by atomic mass is 10.2. The van der Waals surface area contributed by atoms with Crippen molar-refractivity contribution in [2.75, 3.05) is 0 Å². The summed E-state index contributed by atoms with van der Waals surface area (Å²) in [6.45, 7) is 16.1. The van der Waals surface area contributed by atoms with Crippen LogP contribution in [0.25, 0.3) is 32.5 Å². The molecule has 1 aromatic carbocycles. The van der Waals surface area contributed by atoms with Gasteiger partial charge in [0.15, 0.2) is 0 Å². The molecule has 0 amide bonds. The zero-order valence-electron chi connectivity index (χ0n) is 21.3. The lowest BCUT2D eigenvalue weighted by Crippen LogP contribution is -2.43. The van der Waals surface area contributed by atoms with Gasteiger partial charge in [-0.3, -0.25) is 0 Å². The minimum Gasteiger partial charge on any atom is -0.543 e. The Bertz CT molecular complexity index is 1450. The van der Waals surface area contributed by atoms with Gasteiger partial charge >= 0.3 is 12.2 Å². The van der Waals surface area contributed by atoms with E-state index in [-0.39, 0.29) is 5.04 Å². The average Bonchev–Trinajstić information content (AvgIpc) is 3.37. The Morgan fingerprint density at radius 2 is 1.71 bits per heavy atom. The minimum atomic E-state index is -2.11. The van der Waals surface area contributed by atoms with Crippen LogP contribution in [0.15, 0.2) is 35.7 Å². The SMILES string of the molecule is CC(C)(C)OC(=O)n1nc(-c2cc3ccc(O[Si](C)(C)C(C)(C)C)cc3n2C(=O)O)c2sccc21. The fraction of sp³-hybridized carbons (Fsp3) is 0.400. The molecule has 1 N–H and O–H groups in total. The molecule has 4 rings (SSSR count). The first-order valence-electron chi connectivity index (χ1n) is 11.4. The highest BCUT2D eigenvalue weighted by Gasteiger charge is 2.39. The molecule has 0 bridgehead atoms. The van der Waals surface area contributed by atoms with Gasteiger partial charge in [0.1, 0.15) is 17.0 Å². The van der Waals surface area contributed by atoms with Crippen LogP contribution < -0.4 is 4.43 Å². The highest BCUT2D eigenvalue weighted by molar-refractivity contribution is 7.17. The van der Waals surface area contributed by atoms with Crippen LogP contribution in [0.1, 0.15) is 41.5 Å². The first kappa shape index (κ1) is 25.0. The van der Waals surface area contributed by atoms with Gasteiger partial charge in [0.2, 0.25) is 8.32 Å². The molecule has 10 heteroatoms. The smallest absolute Gasteiger partial charge is 0.435 e. The molecule has 0 aliphatic heterocycles. The number of aromatic nitrogens is 3. The van der Waals surface area contributed by atoms with Gasteiger partial charge < -0.3 is 14.3 Å².